The van der Waals surface area contributed by atoms with Crippen LogP contribution in [0.5, 0.6) is 0 Å². The van der Waals surface area contributed by atoms with Crippen molar-refractivity contribution >= 4 is 6.29 Å². The van der Waals surface area contributed by atoms with Crippen LogP contribution in [0, 0.1) is 0 Å². The zero-order chi connectivity index (χ0) is 10.0. The van der Waals surface area contributed by atoms with Crippen molar-refractivity contribution < 1.29 is 14.3 Å². The third-order valence-corrected chi connectivity index (χ3v) is 2.26. The first-order valence-corrected chi connectivity index (χ1v) is 4.44. The van der Waals surface area contributed by atoms with Gasteiger partial charge in [0.15, 0.2) is 12.1 Å². The fraction of sp³-hybridized carbons (Fsp3) is 0.400. The van der Waals surface area contributed by atoms with Crippen molar-refractivity contribution in [1.82, 2.24) is 4.98 Å². The first-order chi connectivity index (χ1) is 6.74. The van der Waals surface area contributed by atoms with Gasteiger partial charge in [-0.2, -0.15) is 0 Å². The zero-order valence-corrected chi connectivity index (χ0v) is 7.90. The number of hydrogen-bond acceptors (Lipinski definition) is 4. The quantitative estimate of drug-likeness (QED) is 0.660. The lowest BCUT2D eigenvalue weighted by atomic mass is 10.1. The summed E-state index contributed by atoms with van der Waals surface area (Å²) in [5.74, 6) is -0.722. The van der Waals surface area contributed by atoms with Crippen LogP contribution in [0.4, 0.5) is 0 Å². The number of rotatable bonds is 2. The van der Waals surface area contributed by atoms with E-state index in [9.17, 15) is 4.79 Å². The molecule has 1 fully saturated rings. The van der Waals surface area contributed by atoms with Crippen LogP contribution in [0.2, 0.25) is 0 Å². The summed E-state index contributed by atoms with van der Waals surface area (Å²) >= 11 is 0. The molecule has 1 aliphatic heterocycles. The molecule has 0 aliphatic carbocycles. The second kappa shape index (κ2) is 3.48. The van der Waals surface area contributed by atoms with E-state index in [1.165, 1.54) is 0 Å². The third kappa shape index (κ3) is 1.54. The molecular formula is C10H11NO3. The van der Waals surface area contributed by atoms with E-state index in [2.05, 4.69) is 4.98 Å². The molecule has 0 unspecified atom stereocenters. The number of carbonyl (C=O) groups is 1. The van der Waals surface area contributed by atoms with Crippen LogP contribution in [0.3, 0.4) is 0 Å². The second-order valence-corrected chi connectivity index (χ2v) is 3.23. The average molecular weight is 193 g/mol. The summed E-state index contributed by atoms with van der Waals surface area (Å²) in [6.45, 7) is 2.99. The van der Waals surface area contributed by atoms with Gasteiger partial charge in [0.05, 0.1) is 13.2 Å². The fourth-order valence-electron chi connectivity index (χ4n) is 1.48. The van der Waals surface area contributed by atoms with Crippen LogP contribution < -0.4 is 0 Å². The Bertz CT molecular complexity index is 345. The Morgan fingerprint density at radius 1 is 1.50 bits per heavy atom. The lowest BCUT2D eigenvalue weighted by Crippen LogP contribution is -2.22. The minimum atomic E-state index is -0.722. The summed E-state index contributed by atoms with van der Waals surface area (Å²) < 4.78 is 10.9. The Morgan fingerprint density at radius 2 is 2.21 bits per heavy atom. The number of aromatic nitrogens is 1. The van der Waals surface area contributed by atoms with Crippen LogP contribution in [0.25, 0.3) is 0 Å². The summed E-state index contributed by atoms with van der Waals surface area (Å²) in [5, 5.41) is 0. The van der Waals surface area contributed by atoms with E-state index >= 15 is 0 Å². The molecule has 0 amide bonds. The molecule has 1 aromatic rings. The maximum absolute atomic E-state index is 10.5. The molecule has 0 saturated carbocycles. The van der Waals surface area contributed by atoms with Gasteiger partial charge in [-0.1, -0.05) is 0 Å². The number of hydrogen-bond donors (Lipinski definition) is 0. The summed E-state index contributed by atoms with van der Waals surface area (Å²) in [6, 6.07) is 3.47. The monoisotopic (exact) mass is 193 g/mol. The molecule has 0 bridgehead atoms. The molecule has 0 radical (unpaired) electrons. The maximum atomic E-state index is 10.5. The van der Waals surface area contributed by atoms with Crippen LogP contribution >= 0.6 is 0 Å². The third-order valence-electron chi connectivity index (χ3n) is 2.26. The van der Waals surface area contributed by atoms with Crippen LogP contribution in [0.15, 0.2) is 18.3 Å². The highest BCUT2D eigenvalue weighted by atomic mass is 16.7. The van der Waals surface area contributed by atoms with Crippen LogP contribution in [0.1, 0.15) is 23.0 Å². The van der Waals surface area contributed by atoms with Gasteiger partial charge in [0, 0.05) is 11.8 Å². The number of carbonyl (C=O) groups excluding carboxylic acids is 1. The highest BCUT2D eigenvalue weighted by molar-refractivity contribution is 5.71. The summed E-state index contributed by atoms with van der Waals surface area (Å²) in [5.41, 5.74) is 1.22. The molecule has 0 N–H and O–H groups in total. The summed E-state index contributed by atoms with van der Waals surface area (Å²) in [6.07, 6.45) is 2.29. The van der Waals surface area contributed by atoms with Crippen molar-refractivity contribution in [1.29, 1.82) is 0 Å². The van der Waals surface area contributed by atoms with Crippen molar-refractivity contribution in [2.45, 2.75) is 12.7 Å². The van der Waals surface area contributed by atoms with E-state index in [-0.39, 0.29) is 0 Å². The van der Waals surface area contributed by atoms with Crippen LogP contribution in [-0.4, -0.2) is 24.5 Å². The molecule has 0 spiro atoms. The van der Waals surface area contributed by atoms with Gasteiger partial charge in [0.2, 0.25) is 0 Å². The molecular weight excluding hydrogens is 182 g/mol. The molecule has 4 nitrogen and oxygen atoms in total. The van der Waals surface area contributed by atoms with E-state index in [0.717, 1.165) is 5.56 Å². The van der Waals surface area contributed by atoms with Crippen molar-refractivity contribution in [3.05, 3.63) is 29.6 Å². The standard InChI is InChI=1S/C10H11NO3/c1-10(13-4-5-14-10)8-2-3-11-9(6-8)7-12/h2-3,6-7H,4-5H2,1H3. The number of aldehydes is 1. The van der Waals surface area contributed by atoms with Crippen molar-refractivity contribution in [2.24, 2.45) is 0 Å². The highest BCUT2D eigenvalue weighted by Crippen LogP contribution is 2.30. The van der Waals surface area contributed by atoms with E-state index in [4.69, 9.17) is 9.47 Å². The van der Waals surface area contributed by atoms with Gasteiger partial charge >= 0.3 is 0 Å². The number of pyridine rings is 1. The normalized spacial score (nSPS) is 19.5. The lowest BCUT2D eigenvalue weighted by Gasteiger charge is -2.22. The first kappa shape index (κ1) is 9.30. The molecule has 2 rings (SSSR count). The minimum Gasteiger partial charge on any atom is -0.344 e. The molecule has 0 atom stereocenters. The number of ether oxygens (including phenoxy) is 2. The first-order valence-electron chi connectivity index (χ1n) is 4.44. The lowest BCUT2D eigenvalue weighted by molar-refractivity contribution is -0.149. The van der Waals surface area contributed by atoms with E-state index in [0.29, 0.717) is 25.2 Å². The summed E-state index contributed by atoms with van der Waals surface area (Å²) in [4.78, 5) is 14.4. The SMILES string of the molecule is CC1(c2ccnc(C=O)c2)OCCO1. The molecule has 0 aromatic carbocycles. The summed E-state index contributed by atoms with van der Waals surface area (Å²) in [7, 11) is 0. The van der Waals surface area contributed by atoms with Gasteiger partial charge in [-0.15, -0.1) is 0 Å². The van der Waals surface area contributed by atoms with E-state index in [1.54, 1.807) is 18.3 Å². The highest BCUT2D eigenvalue weighted by Gasteiger charge is 2.33. The van der Waals surface area contributed by atoms with Gasteiger partial charge < -0.3 is 9.47 Å². The van der Waals surface area contributed by atoms with Crippen molar-refractivity contribution in [2.75, 3.05) is 13.2 Å². The predicted octanol–water partition coefficient (Wildman–Crippen LogP) is 1.11. The van der Waals surface area contributed by atoms with Gasteiger partial charge in [-0.05, 0) is 19.1 Å². The van der Waals surface area contributed by atoms with Gasteiger partial charge in [0.25, 0.3) is 0 Å². The van der Waals surface area contributed by atoms with E-state index < -0.39 is 5.79 Å². The molecule has 14 heavy (non-hydrogen) atoms. The minimum absolute atomic E-state index is 0.392. The topological polar surface area (TPSA) is 48.4 Å². The van der Waals surface area contributed by atoms with Crippen molar-refractivity contribution in [3.63, 3.8) is 0 Å². The maximum Gasteiger partial charge on any atom is 0.192 e. The van der Waals surface area contributed by atoms with Gasteiger partial charge in [-0.25, -0.2) is 0 Å². The molecule has 1 saturated heterocycles. The van der Waals surface area contributed by atoms with Crippen LogP contribution in [-0.2, 0) is 15.3 Å². The molecule has 1 aliphatic rings. The smallest absolute Gasteiger partial charge is 0.192 e. The molecule has 1 aromatic heterocycles. The molecule has 2 heterocycles. The largest absolute Gasteiger partial charge is 0.344 e. The number of nitrogens with zero attached hydrogens (tertiary/aromatic N) is 1. The Labute approximate surface area is 81.9 Å². The Morgan fingerprint density at radius 3 is 2.86 bits per heavy atom. The predicted molar refractivity (Wildman–Crippen MR) is 48.9 cm³/mol. The Kier molecular flexibility index (Phi) is 2.31. The molecule has 4 heteroatoms. The molecule has 74 valence electrons. The Balaban J connectivity index is 2.35. The fourth-order valence-corrected chi connectivity index (χ4v) is 1.48. The van der Waals surface area contributed by atoms with Gasteiger partial charge in [0.1, 0.15) is 5.69 Å². The Hall–Kier alpha value is -1.26. The second-order valence-electron chi connectivity index (χ2n) is 3.23. The van der Waals surface area contributed by atoms with Gasteiger partial charge in [-0.3, -0.25) is 9.78 Å². The van der Waals surface area contributed by atoms with E-state index in [1.807, 2.05) is 6.92 Å². The zero-order valence-electron chi connectivity index (χ0n) is 7.90. The average Bonchev–Trinajstić information content (AvgIpc) is 2.67. The van der Waals surface area contributed by atoms with Crippen molar-refractivity contribution in [3.8, 4) is 0 Å².